The Morgan fingerprint density at radius 1 is 1.17 bits per heavy atom. The van der Waals surface area contributed by atoms with Crippen LogP contribution >= 0.6 is 0 Å². The molecule has 0 unspecified atom stereocenters. The van der Waals surface area contributed by atoms with Gasteiger partial charge in [0.2, 0.25) is 0 Å². The van der Waals surface area contributed by atoms with Gasteiger partial charge in [0, 0.05) is 11.3 Å². The normalized spacial score (nSPS) is 57.0. The summed E-state index contributed by atoms with van der Waals surface area (Å²) in [6, 6.07) is 0. The number of hydrogen-bond acceptors (Lipinski definition) is 3. The number of allylic oxidation sites excluding steroid dienone is 1. The molecular weight excluding hydrogens is 300 g/mol. The molecule has 3 fully saturated rings. The van der Waals surface area contributed by atoms with Crippen molar-refractivity contribution in [3.8, 4) is 0 Å². The Balaban J connectivity index is 1.76. The van der Waals surface area contributed by atoms with Crippen LogP contribution in [0.5, 0.6) is 0 Å². The molecule has 8 atom stereocenters. The Hall–Kier alpha value is -0.670. The highest BCUT2D eigenvalue weighted by molar-refractivity contribution is 5.93. The Bertz CT molecular complexity index is 606. The fourth-order valence-corrected chi connectivity index (χ4v) is 7.25. The summed E-state index contributed by atoms with van der Waals surface area (Å²) in [4.78, 5) is 12.2. The van der Waals surface area contributed by atoms with Gasteiger partial charge in [0.1, 0.15) is 0 Å². The zero-order valence-corrected chi connectivity index (χ0v) is 15.5. The van der Waals surface area contributed by atoms with Gasteiger partial charge in [-0.1, -0.05) is 26.3 Å². The van der Waals surface area contributed by atoms with Crippen LogP contribution in [0.1, 0.15) is 66.2 Å². The molecule has 134 valence electrons. The third-order valence-corrected chi connectivity index (χ3v) is 8.77. The first-order valence-corrected chi connectivity index (χ1v) is 9.75. The van der Waals surface area contributed by atoms with Gasteiger partial charge in [0.15, 0.2) is 5.78 Å². The van der Waals surface area contributed by atoms with Gasteiger partial charge in [0.05, 0.1) is 11.7 Å². The second-order valence-corrected chi connectivity index (χ2v) is 9.93. The molecule has 0 aliphatic heterocycles. The van der Waals surface area contributed by atoms with Crippen LogP contribution in [0.2, 0.25) is 0 Å². The lowest BCUT2D eigenvalue weighted by Gasteiger charge is -2.61. The molecule has 0 saturated heterocycles. The molecular formula is C21H32O3. The zero-order valence-electron chi connectivity index (χ0n) is 15.5. The van der Waals surface area contributed by atoms with Crippen molar-refractivity contribution in [3.63, 3.8) is 0 Å². The molecule has 4 aliphatic rings. The number of hydrogen-bond donors (Lipinski definition) is 2. The number of carbonyl (C=O) groups excluding carboxylic acids is 1. The monoisotopic (exact) mass is 332 g/mol. The molecule has 24 heavy (non-hydrogen) atoms. The van der Waals surface area contributed by atoms with Gasteiger partial charge in [-0.15, -0.1) is 0 Å². The van der Waals surface area contributed by atoms with Gasteiger partial charge >= 0.3 is 0 Å². The predicted octanol–water partition coefficient (Wildman–Crippen LogP) is 3.49. The van der Waals surface area contributed by atoms with E-state index in [4.69, 9.17) is 0 Å². The van der Waals surface area contributed by atoms with Gasteiger partial charge < -0.3 is 10.2 Å². The maximum Gasteiger partial charge on any atom is 0.158 e. The summed E-state index contributed by atoms with van der Waals surface area (Å²) in [5, 5.41) is 22.1. The van der Waals surface area contributed by atoms with Crippen molar-refractivity contribution in [2.45, 2.75) is 77.9 Å². The topological polar surface area (TPSA) is 57.5 Å². The number of aliphatic hydroxyl groups is 2. The third kappa shape index (κ3) is 1.94. The molecule has 0 aromatic carbocycles. The first-order chi connectivity index (χ1) is 11.1. The molecule has 0 heterocycles. The lowest BCUT2D eigenvalue weighted by Crippen LogP contribution is -2.59. The van der Waals surface area contributed by atoms with Crippen molar-refractivity contribution >= 4 is 5.78 Å². The SMILES string of the molecule is C[C@@H]1C[C@@]2(C)C(=CC1=O)CC[C@@H]1[C@@H]2[C@@H](O)C[C@@]2(C)[C@H]1CC[C@]2(C)O. The van der Waals surface area contributed by atoms with E-state index in [1.165, 1.54) is 5.57 Å². The molecule has 3 nitrogen and oxygen atoms in total. The van der Waals surface area contributed by atoms with Crippen molar-refractivity contribution in [3.05, 3.63) is 11.6 Å². The average Bonchev–Trinajstić information content (AvgIpc) is 2.70. The van der Waals surface area contributed by atoms with Gasteiger partial charge in [0.25, 0.3) is 0 Å². The lowest BCUT2D eigenvalue weighted by molar-refractivity contribution is -0.167. The molecule has 4 aliphatic carbocycles. The minimum atomic E-state index is -0.670. The lowest BCUT2D eigenvalue weighted by atomic mass is 9.45. The van der Waals surface area contributed by atoms with Crippen LogP contribution in [0.4, 0.5) is 0 Å². The van der Waals surface area contributed by atoms with E-state index in [-0.39, 0.29) is 34.6 Å². The van der Waals surface area contributed by atoms with Crippen LogP contribution < -0.4 is 0 Å². The third-order valence-electron chi connectivity index (χ3n) is 8.77. The Morgan fingerprint density at radius 3 is 2.58 bits per heavy atom. The van der Waals surface area contributed by atoms with E-state index in [1.807, 2.05) is 19.9 Å². The number of carbonyl (C=O) groups is 1. The zero-order chi connectivity index (χ0) is 17.5. The summed E-state index contributed by atoms with van der Waals surface area (Å²) in [6.45, 7) is 8.49. The quantitative estimate of drug-likeness (QED) is 0.714. The highest BCUT2D eigenvalue weighted by Crippen LogP contribution is 2.67. The molecule has 0 aromatic heterocycles. The largest absolute Gasteiger partial charge is 0.393 e. The molecule has 0 bridgehead atoms. The van der Waals surface area contributed by atoms with Crippen molar-refractivity contribution in [2.24, 2.45) is 34.5 Å². The summed E-state index contributed by atoms with van der Waals surface area (Å²) in [5.74, 6) is 1.52. The van der Waals surface area contributed by atoms with Gasteiger partial charge in [-0.2, -0.15) is 0 Å². The van der Waals surface area contributed by atoms with Crippen LogP contribution in [-0.2, 0) is 4.79 Å². The average molecular weight is 332 g/mol. The minimum Gasteiger partial charge on any atom is -0.393 e. The standard InChI is InChI=1S/C21H32O3/c1-12-10-19(2)13(9-16(12)22)5-6-14-15-7-8-21(4,24)20(15,3)11-17(23)18(14)19/h9,12,14-15,17-18,23-24H,5-8,10-11H2,1-4H3/t12-,14+,15+,17+,18-,19+,20+,21+/m1/s1. The van der Waals surface area contributed by atoms with Crippen molar-refractivity contribution in [1.82, 2.24) is 0 Å². The molecule has 3 saturated carbocycles. The van der Waals surface area contributed by atoms with Gasteiger partial charge in [-0.25, -0.2) is 0 Å². The van der Waals surface area contributed by atoms with Gasteiger partial charge in [-0.05, 0) is 74.7 Å². The Morgan fingerprint density at radius 2 is 1.88 bits per heavy atom. The molecule has 2 N–H and O–H groups in total. The van der Waals surface area contributed by atoms with E-state index in [0.717, 1.165) is 32.1 Å². The van der Waals surface area contributed by atoms with Gasteiger partial charge in [-0.3, -0.25) is 4.79 Å². The molecule has 0 radical (unpaired) electrons. The maximum atomic E-state index is 12.2. The molecule has 4 rings (SSSR count). The summed E-state index contributed by atoms with van der Waals surface area (Å²) in [7, 11) is 0. The van der Waals surface area contributed by atoms with E-state index in [1.54, 1.807) is 0 Å². The molecule has 3 heteroatoms. The fourth-order valence-electron chi connectivity index (χ4n) is 7.25. The first kappa shape index (κ1) is 16.8. The van der Waals surface area contributed by atoms with Crippen LogP contribution in [0.25, 0.3) is 0 Å². The molecule has 0 aromatic rings. The van der Waals surface area contributed by atoms with E-state index < -0.39 is 5.60 Å². The Kier molecular flexibility index (Phi) is 3.46. The van der Waals surface area contributed by atoms with E-state index >= 15 is 0 Å². The predicted molar refractivity (Wildman–Crippen MR) is 93.3 cm³/mol. The van der Waals surface area contributed by atoms with Crippen molar-refractivity contribution < 1.29 is 15.0 Å². The highest BCUT2D eigenvalue weighted by Gasteiger charge is 2.65. The second kappa shape index (κ2) is 4.94. The fraction of sp³-hybridized carbons (Fsp3) is 0.857. The van der Waals surface area contributed by atoms with Crippen LogP contribution in [0.3, 0.4) is 0 Å². The summed E-state index contributed by atoms with van der Waals surface area (Å²) >= 11 is 0. The number of rotatable bonds is 0. The van der Waals surface area contributed by atoms with E-state index in [2.05, 4.69) is 13.8 Å². The van der Waals surface area contributed by atoms with Crippen LogP contribution in [0, 0.1) is 34.5 Å². The smallest absolute Gasteiger partial charge is 0.158 e. The van der Waals surface area contributed by atoms with Crippen molar-refractivity contribution in [1.29, 1.82) is 0 Å². The highest BCUT2D eigenvalue weighted by atomic mass is 16.3. The molecule has 0 amide bonds. The Labute approximate surface area is 145 Å². The summed E-state index contributed by atoms with van der Waals surface area (Å²) < 4.78 is 0. The second-order valence-electron chi connectivity index (χ2n) is 9.93. The number of fused-ring (bicyclic) bond motifs is 5. The first-order valence-electron chi connectivity index (χ1n) is 9.75. The maximum absolute atomic E-state index is 12.2. The van der Waals surface area contributed by atoms with E-state index in [9.17, 15) is 15.0 Å². The number of aliphatic hydroxyl groups excluding tert-OH is 1. The minimum absolute atomic E-state index is 0.0502. The summed E-state index contributed by atoms with van der Waals surface area (Å²) in [6.07, 6.45) is 7.04. The van der Waals surface area contributed by atoms with E-state index in [0.29, 0.717) is 18.3 Å². The number of ketones is 1. The van der Waals surface area contributed by atoms with Crippen LogP contribution in [-0.4, -0.2) is 27.7 Å². The molecule has 0 spiro atoms. The van der Waals surface area contributed by atoms with Crippen molar-refractivity contribution in [2.75, 3.05) is 0 Å². The summed E-state index contributed by atoms with van der Waals surface area (Å²) in [5.41, 5.74) is 0.377. The van der Waals surface area contributed by atoms with Crippen LogP contribution in [0.15, 0.2) is 11.6 Å².